The lowest BCUT2D eigenvalue weighted by Crippen LogP contribution is -2.38. The van der Waals surface area contributed by atoms with Crippen LogP contribution in [0.25, 0.3) is 0 Å². The SMILES string of the molecule is COC(=O)CNC(=O)NCc1cccc(C)c1. The van der Waals surface area contributed by atoms with Gasteiger partial charge in [-0.1, -0.05) is 29.8 Å². The first-order chi connectivity index (χ1) is 8.11. The van der Waals surface area contributed by atoms with Crippen molar-refractivity contribution in [3.63, 3.8) is 0 Å². The van der Waals surface area contributed by atoms with Crippen LogP contribution in [0.1, 0.15) is 11.1 Å². The average Bonchev–Trinajstić information content (AvgIpc) is 2.33. The molecule has 0 aliphatic heterocycles. The number of rotatable bonds is 4. The lowest BCUT2D eigenvalue weighted by molar-refractivity contribution is -0.139. The maximum Gasteiger partial charge on any atom is 0.325 e. The van der Waals surface area contributed by atoms with Gasteiger partial charge in [0.25, 0.3) is 0 Å². The van der Waals surface area contributed by atoms with Crippen LogP contribution in [0.3, 0.4) is 0 Å². The number of carbonyl (C=O) groups excluding carboxylic acids is 2. The van der Waals surface area contributed by atoms with E-state index in [1.165, 1.54) is 7.11 Å². The summed E-state index contributed by atoms with van der Waals surface area (Å²) in [5, 5.41) is 5.04. The van der Waals surface area contributed by atoms with Crippen LogP contribution in [0.2, 0.25) is 0 Å². The maximum absolute atomic E-state index is 11.3. The molecular formula is C12H16N2O3. The van der Waals surface area contributed by atoms with Gasteiger partial charge in [-0.3, -0.25) is 4.79 Å². The summed E-state index contributed by atoms with van der Waals surface area (Å²) in [5.74, 6) is -0.476. The van der Waals surface area contributed by atoms with Crippen molar-refractivity contribution in [2.45, 2.75) is 13.5 Å². The van der Waals surface area contributed by atoms with E-state index in [2.05, 4.69) is 15.4 Å². The van der Waals surface area contributed by atoms with E-state index in [-0.39, 0.29) is 6.54 Å². The van der Waals surface area contributed by atoms with E-state index in [1.54, 1.807) is 0 Å². The number of hydrogen-bond acceptors (Lipinski definition) is 3. The highest BCUT2D eigenvalue weighted by Crippen LogP contribution is 2.02. The number of methoxy groups -OCH3 is 1. The average molecular weight is 236 g/mol. The summed E-state index contributed by atoms with van der Waals surface area (Å²) in [6.07, 6.45) is 0. The Hall–Kier alpha value is -2.04. The molecule has 2 amide bonds. The Morgan fingerprint density at radius 2 is 2.06 bits per heavy atom. The third-order valence-electron chi connectivity index (χ3n) is 2.16. The van der Waals surface area contributed by atoms with E-state index in [1.807, 2.05) is 31.2 Å². The standard InChI is InChI=1S/C12H16N2O3/c1-9-4-3-5-10(6-9)7-13-12(16)14-8-11(15)17-2/h3-6H,7-8H2,1-2H3,(H2,13,14,16). The van der Waals surface area contributed by atoms with Crippen LogP contribution in [-0.2, 0) is 16.1 Å². The molecule has 1 aromatic rings. The van der Waals surface area contributed by atoms with Gasteiger partial charge in [0.15, 0.2) is 0 Å². The minimum absolute atomic E-state index is 0.129. The number of carbonyl (C=O) groups is 2. The Bertz CT molecular complexity index is 404. The number of hydrogen-bond donors (Lipinski definition) is 2. The quantitative estimate of drug-likeness (QED) is 0.765. The molecule has 92 valence electrons. The topological polar surface area (TPSA) is 67.4 Å². The van der Waals surface area contributed by atoms with Crippen LogP contribution < -0.4 is 10.6 Å². The van der Waals surface area contributed by atoms with E-state index in [9.17, 15) is 9.59 Å². The van der Waals surface area contributed by atoms with Crippen molar-refractivity contribution in [2.75, 3.05) is 13.7 Å². The molecule has 0 atom stereocenters. The number of benzene rings is 1. The lowest BCUT2D eigenvalue weighted by atomic mass is 10.1. The number of nitrogens with one attached hydrogen (secondary N) is 2. The van der Waals surface area contributed by atoms with Gasteiger partial charge in [-0.25, -0.2) is 4.79 Å². The van der Waals surface area contributed by atoms with E-state index >= 15 is 0 Å². The van der Waals surface area contributed by atoms with Crippen LogP contribution in [0.5, 0.6) is 0 Å². The normalized spacial score (nSPS) is 9.53. The minimum atomic E-state index is -0.476. The van der Waals surface area contributed by atoms with Crippen LogP contribution in [0, 0.1) is 6.92 Å². The van der Waals surface area contributed by atoms with Crippen molar-refractivity contribution in [2.24, 2.45) is 0 Å². The molecule has 1 aromatic carbocycles. The predicted molar refractivity (Wildman–Crippen MR) is 63.4 cm³/mol. The fourth-order valence-corrected chi connectivity index (χ4v) is 1.29. The number of ether oxygens (including phenoxy) is 1. The van der Waals surface area contributed by atoms with Crippen molar-refractivity contribution in [3.05, 3.63) is 35.4 Å². The molecule has 0 saturated carbocycles. The molecule has 0 aromatic heterocycles. The molecule has 0 bridgehead atoms. The number of urea groups is 1. The van der Waals surface area contributed by atoms with Gasteiger partial charge in [-0.2, -0.15) is 0 Å². The zero-order valence-electron chi connectivity index (χ0n) is 9.95. The molecule has 0 aliphatic rings. The maximum atomic E-state index is 11.3. The summed E-state index contributed by atoms with van der Waals surface area (Å²) in [6, 6.07) is 7.44. The molecule has 0 fully saturated rings. The van der Waals surface area contributed by atoms with Gasteiger partial charge < -0.3 is 15.4 Å². The highest BCUT2D eigenvalue weighted by atomic mass is 16.5. The number of aryl methyl sites for hydroxylation is 1. The minimum Gasteiger partial charge on any atom is -0.468 e. The van der Waals surface area contributed by atoms with Gasteiger partial charge in [0, 0.05) is 6.54 Å². The molecule has 0 spiro atoms. The summed E-state index contributed by atoms with van der Waals surface area (Å²) < 4.78 is 4.40. The Labute approximate surface area is 100 Å². The van der Waals surface area contributed by atoms with Gasteiger partial charge in [-0.05, 0) is 12.5 Å². The molecule has 0 heterocycles. The smallest absolute Gasteiger partial charge is 0.325 e. The van der Waals surface area contributed by atoms with Crippen molar-refractivity contribution in [1.82, 2.24) is 10.6 Å². The summed E-state index contributed by atoms with van der Waals surface area (Å²) in [7, 11) is 1.27. The predicted octanol–water partition coefficient (Wildman–Crippen LogP) is 0.967. The summed E-state index contributed by atoms with van der Waals surface area (Å²) in [5.41, 5.74) is 2.15. The second-order valence-corrected chi connectivity index (χ2v) is 3.60. The van der Waals surface area contributed by atoms with Crippen molar-refractivity contribution in [3.8, 4) is 0 Å². The van der Waals surface area contributed by atoms with Gasteiger partial charge in [0.05, 0.1) is 7.11 Å². The molecule has 1 rings (SSSR count). The largest absolute Gasteiger partial charge is 0.468 e. The van der Waals surface area contributed by atoms with Gasteiger partial charge in [0.1, 0.15) is 6.54 Å². The van der Waals surface area contributed by atoms with Crippen LogP contribution in [0.4, 0.5) is 4.79 Å². The number of amides is 2. The number of esters is 1. The second-order valence-electron chi connectivity index (χ2n) is 3.60. The van der Waals surface area contributed by atoms with Crippen LogP contribution in [-0.4, -0.2) is 25.7 Å². The zero-order chi connectivity index (χ0) is 12.7. The van der Waals surface area contributed by atoms with Crippen LogP contribution >= 0.6 is 0 Å². The van der Waals surface area contributed by atoms with Crippen molar-refractivity contribution >= 4 is 12.0 Å². The first kappa shape index (κ1) is 13.0. The Kier molecular flexibility index (Phi) is 5.00. The fraction of sp³-hybridized carbons (Fsp3) is 0.333. The molecule has 0 unspecified atom stereocenters. The van der Waals surface area contributed by atoms with Gasteiger partial charge in [-0.15, -0.1) is 0 Å². The van der Waals surface area contributed by atoms with E-state index < -0.39 is 12.0 Å². The van der Waals surface area contributed by atoms with E-state index in [4.69, 9.17) is 0 Å². The lowest BCUT2D eigenvalue weighted by Gasteiger charge is -2.07. The highest BCUT2D eigenvalue weighted by molar-refractivity contribution is 5.80. The first-order valence-corrected chi connectivity index (χ1v) is 5.26. The Balaban J connectivity index is 2.31. The second kappa shape index (κ2) is 6.52. The highest BCUT2D eigenvalue weighted by Gasteiger charge is 2.04. The van der Waals surface area contributed by atoms with Crippen molar-refractivity contribution < 1.29 is 14.3 Å². The zero-order valence-corrected chi connectivity index (χ0v) is 9.95. The van der Waals surface area contributed by atoms with Gasteiger partial charge >= 0.3 is 12.0 Å². The Morgan fingerprint density at radius 3 is 2.71 bits per heavy atom. The molecule has 17 heavy (non-hydrogen) atoms. The molecule has 5 heteroatoms. The monoisotopic (exact) mass is 236 g/mol. The fourth-order valence-electron chi connectivity index (χ4n) is 1.29. The van der Waals surface area contributed by atoms with E-state index in [0.717, 1.165) is 11.1 Å². The summed E-state index contributed by atoms with van der Waals surface area (Å²) in [4.78, 5) is 22.1. The van der Waals surface area contributed by atoms with Crippen molar-refractivity contribution in [1.29, 1.82) is 0 Å². The third kappa shape index (κ3) is 5.01. The molecule has 0 aliphatic carbocycles. The Morgan fingerprint density at radius 1 is 1.29 bits per heavy atom. The summed E-state index contributed by atoms with van der Waals surface area (Å²) >= 11 is 0. The van der Waals surface area contributed by atoms with E-state index in [0.29, 0.717) is 6.54 Å². The molecule has 5 nitrogen and oxygen atoms in total. The first-order valence-electron chi connectivity index (χ1n) is 5.26. The van der Waals surface area contributed by atoms with Crippen LogP contribution in [0.15, 0.2) is 24.3 Å². The molecule has 2 N–H and O–H groups in total. The molecular weight excluding hydrogens is 220 g/mol. The molecule has 0 saturated heterocycles. The third-order valence-corrected chi connectivity index (χ3v) is 2.16. The van der Waals surface area contributed by atoms with Gasteiger partial charge in [0.2, 0.25) is 0 Å². The summed E-state index contributed by atoms with van der Waals surface area (Å²) in [6.45, 7) is 2.28. The molecule has 0 radical (unpaired) electrons.